The lowest BCUT2D eigenvalue weighted by molar-refractivity contribution is 0.794. The van der Waals surface area contributed by atoms with E-state index in [-0.39, 0.29) is 5.41 Å². The molecule has 0 amide bonds. The van der Waals surface area contributed by atoms with Crippen LogP contribution in [0, 0.1) is 0 Å². The monoisotopic (exact) mass is 705 g/mol. The topological polar surface area (TPSA) is 3.24 Å². The number of hydrogen-bond donors (Lipinski definition) is 0. The van der Waals surface area contributed by atoms with Crippen LogP contribution in [0.2, 0.25) is 19.6 Å². The average Bonchev–Trinajstić information content (AvgIpc) is 3.68. The fourth-order valence-corrected chi connectivity index (χ4v) is 11.0. The van der Waals surface area contributed by atoms with Crippen molar-refractivity contribution in [2.45, 2.75) is 25.1 Å². The first-order valence-corrected chi connectivity index (χ1v) is 22.6. The number of hydrogen-bond acceptors (Lipinski definition) is 1. The molecule has 0 fully saturated rings. The fourth-order valence-electron chi connectivity index (χ4n) is 9.82. The Morgan fingerprint density at radius 2 is 0.722 bits per heavy atom. The van der Waals surface area contributed by atoms with Crippen molar-refractivity contribution >= 4 is 62.6 Å². The summed E-state index contributed by atoms with van der Waals surface area (Å²) in [7, 11) is -1.49. The number of nitrogens with zero attached hydrogens (tertiary/aromatic N) is 1. The Morgan fingerprint density at radius 3 is 1.26 bits per heavy atom. The molecule has 0 heterocycles. The van der Waals surface area contributed by atoms with E-state index in [0.29, 0.717) is 0 Å². The van der Waals surface area contributed by atoms with Crippen molar-refractivity contribution in [2.75, 3.05) is 4.90 Å². The Morgan fingerprint density at radius 1 is 0.333 bits per heavy atom. The summed E-state index contributed by atoms with van der Waals surface area (Å²) in [4.78, 5) is 2.47. The highest BCUT2D eigenvalue weighted by Crippen LogP contribution is 2.63. The van der Waals surface area contributed by atoms with E-state index in [9.17, 15) is 0 Å². The van der Waals surface area contributed by atoms with Crippen molar-refractivity contribution < 1.29 is 0 Å². The summed E-state index contributed by atoms with van der Waals surface area (Å²) in [6, 6.07) is 68.6. The van der Waals surface area contributed by atoms with Gasteiger partial charge in [0.2, 0.25) is 0 Å². The van der Waals surface area contributed by atoms with Gasteiger partial charge in [-0.05, 0) is 113 Å². The maximum Gasteiger partial charge on any atom is 0.0725 e. The molecular weight excluding hydrogens is 667 g/mol. The van der Waals surface area contributed by atoms with Gasteiger partial charge in [-0.15, -0.1) is 8.07 Å². The van der Waals surface area contributed by atoms with Crippen molar-refractivity contribution in [3.8, 4) is 22.3 Å². The molecule has 0 bridgehead atoms. The van der Waals surface area contributed by atoms with Gasteiger partial charge in [-0.1, -0.05) is 146 Å². The molecule has 0 saturated heterocycles. The minimum Gasteiger partial charge on any atom is -0.310 e. The highest BCUT2D eigenvalue weighted by Gasteiger charge is 2.51. The van der Waals surface area contributed by atoms with Gasteiger partial charge in [0.15, 0.2) is 0 Å². The molecule has 2 aliphatic rings. The molecule has 0 radical (unpaired) electrons. The van der Waals surface area contributed by atoms with Crippen LogP contribution in [-0.2, 0) is 5.41 Å². The number of benzene rings is 9. The normalized spacial score (nSPS) is 13.6. The third-order valence-electron chi connectivity index (χ3n) is 12.2. The van der Waals surface area contributed by atoms with Crippen LogP contribution in [0.3, 0.4) is 0 Å². The van der Waals surface area contributed by atoms with Crippen molar-refractivity contribution in [3.05, 3.63) is 204 Å². The Bertz CT molecular complexity index is 2900. The number of anilines is 3. The Balaban J connectivity index is 1.17. The van der Waals surface area contributed by atoms with Crippen LogP contribution in [0.5, 0.6) is 0 Å². The molecule has 257 valence electrons. The summed E-state index contributed by atoms with van der Waals surface area (Å²) < 4.78 is 0. The smallest absolute Gasteiger partial charge is 0.0725 e. The summed E-state index contributed by atoms with van der Waals surface area (Å²) in [6.07, 6.45) is 0. The van der Waals surface area contributed by atoms with E-state index < -0.39 is 8.07 Å². The predicted molar refractivity (Wildman–Crippen MR) is 233 cm³/mol. The maximum atomic E-state index is 2.47. The molecule has 11 rings (SSSR count). The average molecular weight is 706 g/mol. The number of fused-ring (bicyclic) bond motifs is 16. The summed E-state index contributed by atoms with van der Waals surface area (Å²) in [6.45, 7) is 7.27. The lowest BCUT2D eigenvalue weighted by atomic mass is 9.70. The van der Waals surface area contributed by atoms with Gasteiger partial charge in [0, 0.05) is 17.1 Å². The molecule has 54 heavy (non-hydrogen) atoms. The second-order valence-electron chi connectivity index (χ2n) is 16.1. The van der Waals surface area contributed by atoms with Gasteiger partial charge in [0.1, 0.15) is 0 Å². The van der Waals surface area contributed by atoms with Crippen molar-refractivity contribution in [1.29, 1.82) is 0 Å². The summed E-state index contributed by atoms with van der Waals surface area (Å²) in [5.41, 5.74) is 13.9. The van der Waals surface area contributed by atoms with Crippen LogP contribution in [-0.4, -0.2) is 8.07 Å². The molecule has 9 aromatic carbocycles. The molecule has 2 heteroatoms. The van der Waals surface area contributed by atoms with Gasteiger partial charge in [-0.2, -0.15) is 24.8 Å². The van der Waals surface area contributed by atoms with Crippen LogP contribution in [0.4, 0.5) is 17.1 Å². The molecule has 0 aromatic heterocycles. The zero-order valence-corrected chi connectivity index (χ0v) is 31.8. The third kappa shape index (κ3) is 4.26. The second kappa shape index (κ2) is 11.4. The second-order valence-corrected chi connectivity index (χ2v) is 21.1. The Labute approximate surface area is 317 Å². The van der Waals surface area contributed by atoms with Crippen molar-refractivity contribution in [1.82, 2.24) is 0 Å². The molecule has 2 aliphatic carbocycles. The van der Waals surface area contributed by atoms with Crippen LogP contribution in [0.1, 0.15) is 22.3 Å². The van der Waals surface area contributed by atoms with E-state index >= 15 is 0 Å². The highest BCUT2D eigenvalue weighted by atomic mass is 28.3. The molecule has 9 aromatic rings. The molecular formula is C52H39NSi-. The predicted octanol–water partition coefficient (Wildman–Crippen LogP) is 13.5. The Kier molecular flexibility index (Phi) is 6.60. The maximum absolute atomic E-state index is 2.47. The van der Waals surface area contributed by atoms with Crippen LogP contribution >= 0.6 is 0 Å². The molecule has 0 unspecified atom stereocenters. The van der Waals surface area contributed by atoms with Crippen LogP contribution < -0.4 is 10.1 Å². The Hall–Kier alpha value is -6.22. The van der Waals surface area contributed by atoms with E-state index in [1.807, 2.05) is 0 Å². The van der Waals surface area contributed by atoms with Gasteiger partial charge in [0.25, 0.3) is 0 Å². The molecule has 0 N–H and O–H groups in total. The molecule has 1 spiro atoms. The van der Waals surface area contributed by atoms with Gasteiger partial charge < -0.3 is 4.90 Å². The molecule has 0 aliphatic heterocycles. The van der Waals surface area contributed by atoms with Gasteiger partial charge >= 0.3 is 0 Å². The van der Waals surface area contributed by atoms with Crippen molar-refractivity contribution in [3.63, 3.8) is 0 Å². The minimum atomic E-state index is -1.49. The zero-order chi connectivity index (χ0) is 36.2. The lowest BCUT2D eigenvalue weighted by Gasteiger charge is -2.32. The summed E-state index contributed by atoms with van der Waals surface area (Å²) in [5, 5.41) is 9.19. The van der Waals surface area contributed by atoms with Crippen LogP contribution in [0.15, 0.2) is 182 Å². The van der Waals surface area contributed by atoms with Gasteiger partial charge in [-0.3, -0.25) is 0 Å². The van der Waals surface area contributed by atoms with Crippen LogP contribution in [0.25, 0.3) is 54.6 Å². The standard InChI is InChI=1S/C52H39NSi/c1-54(2,3)37-28-24-34(25-29-37)53(35-26-30-42-40-16-5-4-14-38(40)39-15-6-7-17-41(39)46(42)32-35)36-27-31-51-47(33-36)45-20-10-13-23-50(45)52(51)48-21-11-8-18-43(48)44-19-9-12-22-49(44)52/h4-33H,1-3H3/q-1. The summed E-state index contributed by atoms with van der Waals surface area (Å²) >= 11 is 0. The molecule has 1 nitrogen and oxygen atoms in total. The van der Waals surface area contributed by atoms with E-state index in [0.717, 1.165) is 11.4 Å². The summed E-state index contributed by atoms with van der Waals surface area (Å²) in [5.74, 6) is 0. The largest absolute Gasteiger partial charge is 0.310 e. The zero-order valence-electron chi connectivity index (χ0n) is 30.8. The van der Waals surface area contributed by atoms with E-state index in [2.05, 4.69) is 207 Å². The first-order chi connectivity index (χ1) is 26.4. The molecule has 0 atom stereocenters. The van der Waals surface area contributed by atoms with E-state index in [4.69, 9.17) is 0 Å². The number of rotatable bonds is 4. The molecule has 0 saturated carbocycles. The SMILES string of the molecule is C[Si-](C)(C)c1ccc(N(c2ccc3c(c2)-c2ccccc2C32c3ccccc3-c3ccccc32)c2ccc3c4ccccc4c4ccccc4c3c2)cc1. The third-order valence-corrected chi connectivity index (χ3v) is 14.3. The van der Waals surface area contributed by atoms with Crippen molar-refractivity contribution in [2.24, 2.45) is 0 Å². The quantitative estimate of drug-likeness (QED) is 0.130. The van der Waals surface area contributed by atoms with Gasteiger partial charge in [0.05, 0.1) is 5.41 Å². The van der Waals surface area contributed by atoms with Gasteiger partial charge in [-0.25, -0.2) is 0 Å². The first kappa shape index (κ1) is 31.3. The highest BCUT2D eigenvalue weighted by molar-refractivity contribution is 6.88. The van der Waals surface area contributed by atoms with E-state index in [1.165, 1.54) is 87.7 Å². The minimum absolute atomic E-state index is 0.357. The first-order valence-electron chi connectivity index (χ1n) is 19.1. The van der Waals surface area contributed by atoms with E-state index in [1.54, 1.807) is 0 Å². The fraction of sp³-hybridized carbons (Fsp3) is 0.0769. The lowest BCUT2D eigenvalue weighted by Crippen LogP contribution is -2.37.